The van der Waals surface area contributed by atoms with Gasteiger partial charge in [-0.3, -0.25) is 0 Å². The van der Waals surface area contributed by atoms with E-state index < -0.39 is 5.97 Å². The SMILES string of the molecule is CCCCCCCCCC(C=O)CCCCCCCCC=C(C)C(=O)O. The van der Waals surface area contributed by atoms with Gasteiger partial charge in [-0.15, -0.1) is 0 Å². The molecule has 26 heavy (non-hydrogen) atoms. The Hall–Kier alpha value is -1.12. The Morgan fingerprint density at radius 3 is 1.73 bits per heavy atom. The largest absolute Gasteiger partial charge is 0.478 e. The first-order chi connectivity index (χ1) is 12.6. The standard InChI is InChI=1S/C23H42O3/c1-3-4-5-6-8-12-15-18-22(20-24)19-16-13-10-7-9-11-14-17-21(2)23(25)26/h17,20,22H,3-16,18-19H2,1-2H3,(H,25,26). The zero-order chi connectivity index (χ0) is 19.5. The average molecular weight is 367 g/mol. The van der Waals surface area contributed by atoms with Crippen LogP contribution in [0.25, 0.3) is 0 Å². The van der Waals surface area contributed by atoms with Crippen LogP contribution in [0.2, 0.25) is 0 Å². The van der Waals surface area contributed by atoms with Crippen LogP contribution in [-0.4, -0.2) is 17.4 Å². The second kappa shape index (κ2) is 18.7. The van der Waals surface area contributed by atoms with Crippen molar-refractivity contribution in [2.24, 2.45) is 5.92 Å². The fraction of sp³-hybridized carbons (Fsp3) is 0.826. The molecule has 0 heterocycles. The molecule has 0 spiro atoms. The molecule has 0 radical (unpaired) electrons. The van der Waals surface area contributed by atoms with E-state index in [0.29, 0.717) is 5.57 Å². The van der Waals surface area contributed by atoms with Gasteiger partial charge in [0.1, 0.15) is 6.29 Å². The summed E-state index contributed by atoms with van der Waals surface area (Å²) in [5, 5.41) is 8.77. The van der Waals surface area contributed by atoms with Gasteiger partial charge < -0.3 is 9.90 Å². The molecule has 3 heteroatoms. The summed E-state index contributed by atoms with van der Waals surface area (Å²) in [4.78, 5) is 21.9. The van der Waals surface area contributed by atoms with Crippen molar-refractivity contribution in [1.29, 1.82) is 0 Å². The zero-order valence-corrected chi connectivity index (χ0v) is 17.3. The van der Waals surface area contributed by atoms with Crippen molar-refractivity contribution in [3.63, 3.8) is 0 Å². The molecule has 0 rings (SSSR count). The summed E-state index contributed by atoms with van der Waals surface area (Å²) in [6, 6.07) is 0. The van der Waals surface area contributed by atoms with Crippen LogP contribution in [0, 0.1) is 5.92 Å². The molecule has 0 aromatic heterocycles. The van der Waals surface area contributed by atoms with Crippen LogP contribution in [-0.2, 0) is 9.59 Å². The number of carbonyl (C=O) groups is 2. The molecule has 0 fully saturated rings. The third-order valence-corrected chi connectivity index (χ3v) is 5.19. The van der Waals surface area contributed by atoms with Gasteiger partial charge in [0.05, 0.1) is 0 Å². The fourth-order valence-electron chi connectivity index (χ4n) is 3.31. The summed E-state index contributed by atoms with van der Waals surface area (Å²) in [6.07, 6.45) is 22.2. The molecule has 1 atom stereocenters. The van der Waals surface area contributed by atoms with Crippen LogP contribution >= 0.6 is 0 Å². The molecule has 1 unspecified atom stereocenters. The van der Waals surface area contributed by atoms with Crippen molar-refractivity contribution in [2.45, 2.75) is 117 Å². The number of rotatable bonds is 19. The summed E-state index contributed by atoms with van der Waals surface area (Å²) in [6.45, 7) is 3.90. The minimum Gasteiger partial charge on any atom is -0.478 e. The highest BCUT2D eigenvalue weighted by Crippen LogP contribution is 2.18. The van der Waals surface area contributed by atoms with E-state index in [0.717, 1.165) is 32.1 Å². The normalized spacial score (nSPS) is 12.9. The number of unbranched alkanes of at least 4 members (excludes halogenated alkanes) is 12. The second-order valence-electron chi connectivity index (χ2n) is 7.70. The minimum atomic E-state index is -0.814. The number of carbonyl (C=O) groups excluding carboxylic acids is 1. The molecule has 0 saturated heterocycles. The van der Waals surface area contributed by atoms with E-state index in [1.54, 1.807) is 6.92 Å². The highest BCUT2D eigenvalue weighted by atomic mass is 16.4. The predicted molar refractivity (Wildman–Crippen MR) is 110 cm³/mol. The number of hydrogen-bond donors (Lipinski definition) is 1. The van der Waals surface area contributed by atoms with Gasteiger partial charge in [0, 0.05) is 11.5 Å². The van der Waals surface area contributed by atoms with Crippen molar-refractivity contribution in [3.05, 3.63) is 11.6 Å². The lowest BCUT2D eigenvalue weighted by Crippen LogP contribution is -2.02. The van der Waals surface area contributed by atoms with Crippen LogP contribution in [0.4, 0.5) is 0 Å². The van der Waals surface area contributed by atoms with Gasteiger partial charge >= 0.3 is 5.97 Å². The van der Waals surface area contributed by atoms with Crippen molar-refractivity contribution in [3.8, 4) is 0 Å². The lowest BCUT2D eigenvalue weighted by molar-refractivity contribution is -0.132. The Morgan fingerprint density at radius 1 is 0.808 bits per heavy atom. The van der Waals surface area contributed by atoms with E-state index in [9.17, 15) is 9.59 Å². The molecular formula is C23H42O3. The quantitative estimate of drug-likeness (QED) is 0.151. The van der Waals surface area contributed by atoms with Gasteiger partial charge in [-0.25, -0.2) is 4.79 Å². The van der Waals surface area contributed by atoms with Gasteiger partial charge in [0.2, 0.25) is 0 Å². The van der Waals surface area contributed by atoms with E-state index in [-0.39, 0.29) is 5.92 Å². The number of aldehydes is 1. The van der Waals surface area contributed by atoms with Crippen LogP contribution in [0.15, 0.2) is 11.6 Å². The molecule has 0 saturated carbocycles. The average Bonchev–Trinajstić information content (AvgIpc) is 2.63. The first-order valence-electron chi connectivity index (χ1n) is 11.0. The first-order valence-corrected chi connectivity index (χ1v) is 11.0. The Labute approximate surface area is 161 Å². The fourth-order valence-corrected chi connectivity index (χ4v) is 3.31. The van der Waals surface area contributed by atoms with E-state index in [1.807, 2.05) is 6.08 Å². The highest BCUT2D eigenvalue weighted by Gasteiger charge is 2.06. The van der Waals surface area contributed by atoms with Crippen LogP contribution < -0.4 is 0 Å². The summed E-state index contributed by atoms with van der Waals surface area (Å²) >= 11 is 0. The maximum atomic E-state index is 11.2. The Balaban J connectivity index is 3.44. The topological polar surface area (TPSA) is 54.4 Å². The molecule has 0 aliphatic carbocycles. The van der Waals surface area contributed by atoms with Crippen molar-refractivity contribution in [2.75, 3.05) is 0 Å². The molecular weight excluding hydrogens is 324 g/mol. The van der Waals surface area contributed by atoms with Crippen LogP contribution in [0.1, 0.15) is 117 Å². The minimum absolute atomic E-state index is 0.273. The molecule has 1 N–H and O–H groups in total. The molecule has 0 aliphatic heterocycles. The summed E-state index contributed by atoms with van der Waals surface area (Å²) in [5.41, 5.74) is 0.450. The van der Waals surface area contributed by atoms with Crippen molar-refractivity contribution < 1.29 is 14.7 Å². The molecule has 152 valence electrons. The van der Waals surface area contributed by atoms with Gasteiger partial charge in [0.25, 0.3) is 0 Å². The second-order valence-corrected chi connectivity index (χ2v) is 7.70. The summed E-state index contributed by atoms with van der Waals surface area (Å²) in [5.74, 6) is -0.541. The monoisotopic (exact) mass is 366 g/mol. The summed E-state index contributed by atoms with van der Waals surface area (Å²) < 4.78 is 0. The lowest BCUT2D eigenvalue weighted by atomic mass is 9.95. The Bertz CT molecular complexity index is 374. The maximum absolute atomic E-state index is 11.2. The number of carboxylic acid groups (broad SMARTS) is 1. The lowest BCUT2D eigenvalue weighted by Gasteiger charge is -2.10. The van der Waals surface area contributed by atoms with Crippen LogP contribution in [0.5, 0.6) is 0 Å². The number of aliphatic carboxylic acids is 1. The smallest absolute Gasteiger partial charge is 0.330 e. The number of carboxylic acids is 1. The molecule has 0 aromatic carbocycles. The van der Waals surface area contributed by atoms with E-state index in [4.69, 9.17) is 5.11 Å². The van der Waals surface area contributed by atoms with Crippen molar-refractivity contribution in [1.82, 2.24) is 0 Å². The number of hydrogen-bond acceptors (Lipinski definition) is 2. The zero-order valence-electron chi connectivity index (χ0n) is 17.3. The van der Waals surface area contributed by atoms with E-state index >= 15 is 0 Å². The van der Waals surface area contributed by atoms with Gasteiger partial charge in [-0.2, -0.15) is 0 Å². The van der Waals surface area contributed by atoms with Crippen LogP contribution in [0.3, 0.4) is 0 Å². The molecule has 0 aliphatic rings. The van der Waals surface area contributed by atoms with Gasteiger partial charge in [0.15, 0.2) is 0 Å². The third kappa shape index (κ3) is 16.4. The van der Waals surface area contributed by atoms with Gasteiger partial charge in [-0.1, -0.05) is 90.0 Å². The highest BCUT2D eigenvalue weighted by molar-refractivity contribution is 5.85. The Morgan fingerprint density at radius 2 is 1.27 bits per heavy atom. The van der Waals surface area contributed by atoms with Gasteiger partial charge in [-0.05, 0) is 32.6 Å². The first kappa shape index (κ1) is 24.9. The van der Waals surface area contributed by atoms with E-state index in [1.165, 1.54) is 76.9 Å². The molecule has 0 aromatic rings. The molecule has 3 nitrogen and oxygen atoms in total. The summed E-state index contributed by atoms with van der Waals surface area (Å²) in [7, 11) is 0. The van der Waals surface area contributed by atoms with E-state index in [2.05, 4.69) is 6.92 Å². The maximum Gasteiger partial charge on any atom is 0.330 e. The predicted octanol–water partition coefficient (Wildman–Crippen LogP) is 7.09. The molecule has 0 bridgehead atoms. The third-order valence-electron chi connectivity index (χ3n) is 5.19. The number of allylic oxidation sites excluding steroid dienone is 1. The Kier molecular flexibility index (Phi) is 17.9. The van der Waals surface area contributed by atoms with Crippen molar-refractivity contribution >= 4 is 12.3 Å². The molecule has 0 amide bonds.